The van der Waals surface area contributed by atoms with Gasteiger partial charge in [-0.05, 0) is 101 Å². The van der Waals surface area contributed by atoms with Gasteiger partial charge in [0.1, 0.15) is 0 Å². The minimum Gasteiger partial charge on any atom is -0.396 e. The summed E-state index contributed by atoms with van der Waals surface area (Å²) in [4.78, 5) is 16.2. The highest BCUT2D eigenvalue weighted by Crippen LogP contribution is 2.60. The van der Waals surface area contributed by atoms with Crippen molar-refractivity contribution in [3.63, 3.8) is 0 Å². The summed E-state index contributed by atoms with van der Waals surface area (Å²) < 4.78 is 26.7. The fourth-order valence-corrected chi connectivity index (χ4v) is 9.55. The molecule has 0 unspecified atom stereocenters. The first-order valence-electron chi connectivity index (χ1n) is 12.8. The Bertz CT molecular complexity index is 1330. The molecule has 1 fully saturated rings. The Labute approximate surface area is 250 Å². The SMILES string of the molecule is C[C@@H]1[C@@H]([Si](C)(C)F)[C@H](CCn2cc(CCO)nn2)O[C@@]12C(=O)N(Cc1ccc(I)cc1)c1ccc(I)cc12. The predicted octanol–water partition coefficient (Wildman–Crippen LogP) is 5.43. The number of fused-ring (bicyclic) bond motifs is 2. The van der Waals surface area contributed by atoms with Gasteiger partial charge in [-0.3, -0.25) is 9.48 Å². The molecule has 2 aliphatic rings. The molecule has 0 aliphatic carbocycles. The van der Waals surface area contributed by atoms with Crippen LogP contribution in [0.3, 0.4) is 0 Å². The number of carbonyl (C=O) groups excluding carboxylic acids is 1. The van der Waals surface area contributed by atoms with Gasteiger partial charge in [0.25, 0.3) is 5.91 Å². The van der Waals surface area contributed by atoms with Crippen LogP contribution in [0, 0.1) is 13.1 Å². The normalized spacial score (nSPS) is 25.0. The lowest BCUT2D eigenvalue weighted by Gasteiger charge is -2.31. The van der Waals surface area contributed by atoms with Crippen LogP contribution in [0.25, 0.3) is 0 Å². The number of aryl methyl sites for hydroxylation is 1. The summed E-state index contributed by atoms with van der Waals surface area (Å²) in [6.07, 6.45) is 2.32. The molecule has 2 aliphatic heterocycles. The van der Waals surface area contributed by atoms with Crippen molar-refractivity contribution < 1.29 is 18.7 Å². The third-order valence-electron chi connectivity index (χ3n) is 7.77. The highest BCUT2D eigenvalue weighted by atomic mass is 127. The molecule has 11 heteroatoms. The van der Waals surface area contributed by atoms with Gasteiger partial charge in [-0.25, -0.2) is 0 Å². The van der Waals surface area contributed by atoms with Crippen molar-refractivity contribution in [1.82, 2.24) is 15.0 Å². The number of ether oxygens (including phenoxy) is 1. The molecule has 1 N–H and O–H groups in total. The molecule has 2 aromatic carbocycles. The van der Waals surface area contributed by atoms with Crippen molar-refractivity contribution >= 4 is 65.2 Å². The zero-order valence-electron chi connectivity index (χ0n) is 21.6. The number of rotatable bonds is 8. The number of carbonyl (C=O) groups is 1. The number of aliphatic hydroxyl groups excluding tert-OH is 1. The molecule has 3 aromatic rings. The van der Waals surface area contributed by atoms with Crippen LogP contribution in [0.2, 0.25) is 18.6 Å². The standard InChI is InChI=1S/C27H31FI2N4O3Si/c1-17-25(38(2,3)28)24(10-12-33-16-21(11-13-35)31-32-33)37-27(17)22-14-20(30)8-9-23(22)34(26(27)36)15-18-4-6-19(29)7-5-18/h4-9,14,16-17,24-25,35H,10-13,15H2,1-3H3/t17-,24+,25-,27+/m1/s1. The van der Waals surface area contributed by atoms with Gasteiger partial charge in [0.2, 0.25) is 8.41 Å². The molecule has 7 nitrogen and oxygen atoms in total. The Balaban J connectivity index is 1.50. The molecule has 1 spiro atoms. The van der Waals surface area contributed by atoms with Crippen molar-refractivity contribution in [3.05, 3.63) is 72.6 Å². The number of hydrogen-bond acceptors (Lipinski definition) is 5. The van der Waals surface area contributed by atoms with E-state index < -0.39 is 20.1 Å². The van der Waals surface area contributed by atoms with Crippen LogP contribution in [-0.4, -0.2) is 47.1 Å². The lowest BCUT2D eigenvalue weighted by atomic mass is 9.82. The van der Waals surface area contributed by atoms with Crippen molar-refractivity contribution in [1.29, 1.82) is 0 Å². The minimum absolute atomic E-state index is 0.00716. The maximum atomic E-state index is 16.0. The maximum Gasteiger partial charge on any atom is 0.264 e. The van der Waals surface area contributed by atoms with Crippen molar-refractivity contribution in [2.24, 2.45) is 5.92 Å². The fraction of sp³-hybridized carbons (Fsp3) is 0.444. The maximum absolute atomic E-state index is 16.0. The minimum atomic E-state index is -3.23. The first kappa shape index (κ1) is 28.1. The second-order valence-electron chi connectivity index (χ2n) is 10.7. The molecule has 0 bridgehead atoms. The fourth-order valence-electron chi connectivity index (χ4n) is 6.16. The molecule has 1 aromatic heterocycles. The van der Waals surface area contributed by atoms with E-state index in [0.29, 0.717) is 31.6 Å². The van der Waals surface area contributed by atoms with Gasteiger partial charge in [-0.1, -0.05) is 24.3 Å². The second-order valence-corrected chi connectivity index (χ2v) is 17.0. The summed E-state index contributed by atoms with van der Waals surface area (Å²) in [7, 11) is -3.23. The molecule has 1 amide bonds. The average molecular weight is 760 g/mol. The molecule has 1 saturated heterocycles. The largest absolute Gasteiger partial charge is 0.396 e. The molecule has 38 heavy (non-hydrogen) atoms. The van der Waals surface area contributed by atoms with Gasteiger partial charge in [-0.15, -0.1) is 5.10 Å². The van der Waals surface area contributed by atoms with E-state index in [0.717, 1.165) is 24.0 Å². The van der Waals surface area contributed by atoms with E-state index in [1.54, 1.807) is 24.0 Å². The Kier molecular flexibility index (Phi) is 8.04. The van der Waals surface area contributed by atoms with Crippen LogP contribution in [0.15, 0.2) is 48.7 Å². The Morgan fingerprint density at radius 1 is 1.16 bits per heavy atom. The first-order chi connectivity index (χ1) is 18.0. The molecular formula is C27H31FI2N4O3Si. The lowest BCUT2D eigenvalue weighted by Crippen LogP contribution is -2.45. The number of aliphatic hydroxyl groups is 1. The predicted molar refractivity (Wildman–Crippen MR) is 163 cm³/mol. The van der Waals surface area contributed by atoms with Crippen LogP contribution in [0.1, 0.15) is 30.2 Å². The van der Waals surface area contributed by atoms with Gasteiger partial charge >= 0.3 is 0 Å². The van der Waals surface area contributed by atoms with E-state index in [1.165, 1.54) is 0 Å². The summed E-state index contributed by atoms with van der Waals surface area (Å²) >= 11 is 4.54. The number of nitrogens with zero attached hydrogens (tertiary/aromatic N) is 4. The number of halogens is 3. The number of amides is 1. The quantitative estimate of drug-likeness (QED) is 0.188. The number of aromatic nitrogens is 3. The van der Waals surface area contributed by atoms with Gasteiger partial charge in [0.05, 0.1) is 24.0 Å². The van der Waals surface area contributed by atoms with E-state index in [1.807, 2.05) is 54.3 Å². The third-order valence-corrected chi connectivity index (χ3v) is 11.6. The van der Waals surface area contributed by atoms with E-state index in [-0.39, 0.29) is 24.0 Å². The van der Waals surface area contributed by atoms with Crippen LogP contribution in [0.5, 0.6) is 0 Å². The van der Waals surface area contributed by atoms with E-state index >= 15 is 4.11 Å². The zero-order chi connectivity index (χ0) is 27.2. The third kappa shape index (κ3) is 5.08. The van der Waals surface area contributed by atoms with Crippen molar-refractivity contribution in [3.8, 4) is 0 Å². The molecule has 3 heterocycles. The Hall–Kier alpha value is -1.42. The number of hydrogen-bond donors (Lipinski definition) is 1. The smallest absolute Gasteiger partial charge is 0.264 e. The van der Waals surface area contributed by atoms with Gasteiger partial charge in [0, 0.05) is 49.9 Å². The monoisotopic (exact) mass is 760 g/mol. The average Bonchev–Trinajstić information content (AvgIpc) is 3.50. The summed E-state index contributed by atoms with van der Waals surface area (Å²) in [5.41, 5.74) is 1.82. The highest BCUT2D eigenvalue weighted by molar-refractivity contribution is 14.1. The second kappa shape index (κ2) is 10.9. The van der Waals surface area contributed by atoms with Gasteiger partial charge in [0.15, 0.2) is 5.60 Å². The van der Waals surface area contributed by atoms with Crippen LogP contribution in [-0.2, 0) is 34.6 Å². The summed E-state index contributed by atoms with van der Waals surface area (Å²) in [6.45, 7) is 6.36. The van der Waals surface area contributed by atoms with E-state index in [2.05, 4.69) is 55.5 Å². The van der Waals surface area contributed by atoms with E-state index in [9.17, 15) is 9.90 Å². The van der Waals surface area contributed by atoms with Crippen molar-refractivity contribution in [2.45, 2.75) is 63.2 Å². The van der Waals surface area contributed by atoms with E-state index in [4.69, 9.17) is 4.74 Å². The summed E-state index contributed by atoms with van der Waals surface area (Å²) in [5, 5.41) is 17.4. The molecule has 0 radical (unpaired) electrons. The van der Waals surface area contributed by atoms with Gasteiger partial charge in [-0.2, -0.15) is 0 Å². The molecular weight excluding hydrogens is 729 g/mol. The topological polar surface area (TPSA) is 80.5 Å². The number of anilines is 1. The highest BCUT2D eigenvalue weighted by Gasteiger charge is 2.66. The van der Waals surface area contributed by atoms with Gasteiger partial charge < -0.3 is 18.9 Å². The summed E-state index contributed by atoms with van der Waals surface area (Å²) in [6, 6.07) is 14.2. The van der Waals surface area contributed by atoms with Crippen LogP contribution in [0.4, 0.5) is 9.80 Å². The van der Waals surface area contributed by atoms with Crippen LogP contribution < -0.4 is 4.90 Å². The Morgan fingerprint density at radius 3 is 2.55 bits per heavy atom. The first-order valence-corrected chi connectivity index (χ1v) is 17.9. The van der Waals surface area contributed by atoms with Crippen molar-refractivity contribution in [2.75, 3.05) is 11.5 Å². The lowest BCUT2D eigenvalue weighted by molar-refractivity contribution is -0.146. The molecule has 202 valence electrons. The zero-order valence-corrected chi connectivity index (χ0v) is 26.9. The number of benzene rings is 2. The molecule has 5 rings (SSSR count). The molecule has 0 saturated carbocycles. The Morgan fingerprint density at radius 2 is 1.87 bits per heavy atom. The molecule has 4 atom stereocenters. The summed E-state index contributed by atoms with van der Waals surface area (Å²) in [5.74, 6) is -0.441. The van der Waals surface area contributed by atoms with Crippen LogP contribution >= 0.6 is 45.2 Å².